The molecular weight excluding hydrogens is 270 g/mol. The maximum Gasteiger partial charge on any atom is 0.322 e. The Morgan fingerprint density at radius 2 is 2.32 bits per heavy atom. The number of aliphatic carboxylic acids is 1. The summed E-state index contributed by atoms with van der Waals surface area (Å²) in [5.41, 5.74) is -0.224. The van der Waals surface area contributed by atoms with Gasteiger partial charge in [-0.05, 0) is 25.0 Å². The lowest BCUT2D eigenvalue weighted by Crippen LogP contribution is -2.40. The van der Waals surface area contributed by atoms with Gasteiger partial charge in [-0.15, -0.1) is 0 Å². The Morgan fingerprint density at radius 3 is 2.95 bits per heavy atom. The number of rotatable bonds is 3. The lowest BCUT2D eigenvalue weighted by Gasteiger charge is -2.21. The van der Waals surface area contributed by atoms with Crippen molar-refractivity contribution in [3.63, 3.8) is 0 Å². The number of carbonyl (C=O) groups is 1. The molecule has 0 unspecified atom stereocenters. The molecule has 7 nitrogen and oxygen atoms in total. The summed E-state index contributed by atoms with van der Waals surface area (Å²) >= 11 is 0. The largest absolute Gasteiger partial charge is 0.480 e. The van der Waals surface area contributed by atoms with Crippen LogP contribution in [0, 0.1) is 11.3 Å². The Morgan fingerprint density at radius 1 is 1.58 bits per heavy atom. The Bertz CT molecular complexity index is 650. The average Bonchev–Trinajstić information content (AvgIpc) is 2.88. The van der Waals surface area contributed by atoms with E-state index in [1.54, 1.807) is 6.07 Å². The topological polar surface area (TPSA) is 111 Å². The fraction of sp³-hybridized carbons (Fsp3) is 0.364. The van der Waals surface area contributed by atoms with Crippen LogP contribution in [0.2, 0.25) is 0 Å². The predicted molar refractivity (Wildman–Crippen MR) is 63.5 cm³/mol. The zero-order chi connectivity index (χ0) is 14.0. The second kappa shape index (κ2) is 4.95. The molecule has 1 aliphatic rings. The van der Waals surface area contributed by atoms with Gasteiger partial charge in [0.15, 0.2) is 5.69 Å². The molecule has 1 N–H and O–H groups in total. The first kappa shape index (κ1) is 13.5. The summed E-state index contributed by atoms with van der Waals surface area (Å²) in [4.78, 5) is 14.5. The molecule has 1 atom stereocenters. The molecule has 1 saturated heterocycles. The average molecular weight is 281 g/mol. The molecule has 0 radical (unpaired) electrons. The number of sulfonamides is 1. The van der Waals surface area contributed by atoms with E-state index < -0.39 is 22.0 Å². The summed E-state index contributed by atoms with van der Waals surface area (Å²) in [6.45, 7) is 0.138. The molecule has 100 valence electrons. The Labute approximate surface area is 110 Å². The molecular formula is C11H11N3O4S. The van der Waals surface area contributed by atoms with Crippen LogP contribution in [-0.4, -0.2) is 41.4 Å². The van der Waals surface area contributed by atoms with Gasteiger partial charge in [0.1, 0.15) is 17.0 Å². The minimum Gasteiger partial charge on any atom is -0.480 e. The van der Waals surface area contributed by atoms with Crippen LogP contribution in [0.3, 0.4) is 0 Å². The van der Waals surface area contributed by atoms with Gasteiger partial charge in [0, 0.05) is 12.7 Å². The van der Waals surface area contributed by atoms with Crippen molar-refractivity contribution in [2.24, 2.45) is 0 Å². The molecule has 19 heavy (non-hydrogen) atoms. The van der Waals surface area contributed by atoms with Crippen molar-refractivity contribution in [2.75, 3.05) is 6.54 Å². The zero-order valence-corrected chi connectivity index (χ0v) is 10.7. The molecule has 8 heteroatoms. The molecule has 1 aromatic heterocycles. The number of carboxylic acids is 1. The van der Waals surface area contributed by atoms with E-state index in [9.17, 15) is 13.2 Å². The molecule has 0 spiro atoms. The van der Waals surface area contributed by atoms with Gasteiger partial charge < -0.3 is 5.11 Å². The van der Waals surface area contributed by atoms with E-state index in [0.717, 1.165) is 4.31 Å². The number of pyridine rings is 1. The second-order valence-corrected chi connectivity index (χ2v) is 5.93. The highest BCUT2D eigenvalue weighted by molar-refractivity contribution is 7.89. The minimum atomic E-state index is -4.01. The lowest BCUT2D eigenvalue weighted by atomic mass is 10.2. The molecule has 0 aliphatic carbocycles. The summed E-state index contributed by atoms with van der Waals surface area (Å²) < 4.78 is 25.7. The molecule has 0 amide bonds. The number of carboxylic acid groups (broad SMARTS) is 1. The lowest BCUT2D eigenvalue weighted by molar-refractivity contribution is -0.140. The SMILES string of the molecule is N#Cc1ncccc1S(=O)(=O)N1CCC[C@H]1C(=O)O. The van der Waals surface area contributed by atoms with E-state index in [1.165, 1.54) is 18.3 Å². The van der Waals surface area contributed by atoms with Crippen LogP contribution < -0.4 is 0 Å². The van der Waals surface area contributed by atoms with Gasteiger partial charge in [0.2, 0.25) is 10.0 Å². The maximum absolute atomic E-state index is 12.4. The standard InChI is InChI=1S/C11H11N3O4S/c12-7-8-10(4-1-5-13-8)19(17,18)14-6-2-3-9(14)11(15)16/h1,4-5,9H,2-3,6H2,(H,15,16)/t9-/m0/s1. The van der Waals surface area contributed by atoms with Crippen molar-refractivity contribution < 1.29 is 18.3 Å². The van der Waals surface area contributed by atoms with E-state index in [2.05, 4.69) is 4.98 Å². The highest BCUT2D eigenvalue weighted by atomic mass is 32.2. The normalized spacial score (nSPS) is 20.1. The van der Waals surface area contributed by atoms with Crippen molar-refractivity contribution in [1.29, 1.82) is 5.26 Å². The van der Waals surface area contributed by atoms with Crippen LogP contribution in [0.25, 0.3) is 0 Å². The van der Waals surface area contributed by atoms with Gasteiger partial charge in [0.05, 0.1) is 0 Å². The quantitative estimate of drug-likeness (QED) is 0.846. The van der Waals surface area contributed by atoms with Crippen LogP contribution in [0.4, 0.5) is 0 Å². The number of hydrogen-bond donors (Lipinski definition) is 1. The Hall–Kier alpha value is -1.98. The van der Waals surface area contributed by atoms with Gasteiger partial charge in [-0.3, -0.25) is 4.79 Å². The van der Waals surface area contributed by atoms with Crippen LogP contribution in [0.15, 0.2) is 23.2 Å². The zero-order valence-electron chi connectivity index (χ0n) is 9.85. The Kier molecular flexibility index (Phi) is 3.50. The smallest absolute Gasteiger partial charge is 0.322 e. The number of aromatic nitrogens is 1. The highest BCUT2D eigenvalue weighted by Gasteiger charge is 2.40. The fourth-order valence-corrected chi connectivity index (χ4v) is 3.83. The van der Waals surface area contributed by atoms with E-state index in [0.29, 0.717) is 6.42 Å². The van der Waals surface area contributed by atoms with Crippen molar-refractivity contribution in [2.45, 2.75) is 23.8 Å². The third-order valence-electron chi connectivity index (χ3n) is 2.95. The van der Waals surface area contributed by atoms with Crippen molar-refractivity contribution >= 4 is 16.0 Å². The molecule has 1 fully saturated rings. The molecule has 1 aliphatic heterocycles. The Balaban J connectivity index is 2.49. The molecule has 0 bridgehead atoms. The highest BCUT2D eigenvalue weighted by Crippen LogP contribution is 2.27. The minimum absolute atomic E-state index is 0.138. The second-order valence-electron chi connectivity index (χ2n) is 4.07. The number of nitriles is 1. The number of nitrogens with zero attached hydrogens (tertiary/aromatic N) is 3. The van der Waals surface area contributed by atoms with Gasteiger partial charge in [-0.25, -0.2) is 13.4 Å². The van der Waals surface area contributed by atoms with Crippen LogP contribution in [0.5, 0.6) is 0 Å². The summed E-state index contributed by atoms with van der Waals surface area (Å²) in [6.07, 6.45) is 2.07. The first-order valence-electron chi connectivity index (χ1n) is 5.58. The third-order valence-corrected chi connectivity index (χ3v) is 4.89. The summed E-state index contributed by atoms with van der Waals surface area (Å²) in [5.74, 6) is -1.18. The predicted octanol–water partition coefficient (Wildman–Crippen LogP) is 0.191. The van der Waals surface area contributed by atoms with E-state index in [1.807, 2.05) is 0 Å². The molecule has 0 saturated carbocycles. The van der Waals surface area contributed by atoms with Gasteiger partial charge in [-0.1, -0.05) is 0 Å². The molecule has 0 aromatic carbocycles. The first-order chi connectivity index (χ1) is 8.98. The van der Waals surface area contributed by atoms with Gasteiger partial charge in [-0.2, -0.15) is 9.57 Å². The van der Waals surface area contributed by atoms with Crippen LogP contribution in [-0.2, 0) is 14.8 Å². The monoisotopic (exact) mass is 281 g/mol. The molecule has 1 aromatic rings. The number of hydrogen-bond acceptors (Lipinski definition) is 5. The van der Waals surface area contributed by atoms with Crippen molar-refractivity contribution in [1.82, 2.24) is 9.29 Å². The fourth-order valence-electron chi connectivity index (χ4n) is 2.08. The molecule has 2 heterocycles. The summed E-state index contributed by atoms with van der Waals surface area (Å²) in [6, 6.07) is 3.30. The van der Waals surface area contributed by atoms with Gasteiger partial charge >= 0.3 is 5.97 Å². The van der Waals surface area contributed by atoms with E-state index in [4.69, 9.17) is 10.4 Å². The van der Waals surface area contributed by atoms with E-state index in [-0.39, 0.29) is 23.6 Å². The third kappa shape index (κ3) is 2.30. The molecule has 2 rings (SSSR count). The van der Waals surface area contributed by atoms with Crippen molar-refractivity contribution in [3.05, 3.63) is 24.0 Å². The maximum atomic E-state index is 12.4. The van der Waals surface area contributed by atoms with Crippen LogP contribution in [0.1, 0.15) is 18.5 Å². The summed E-state index contributed by atoms with van der Waals surface area (Å²) in [7, 11) is -4.01. The van der Waals surface area contributed by atoms with Crippen LogP contribution >= 0.6 is 0 Å². The van der Waals surface area contributed by atoms with Gasteiger partial charge in [0.25, 0.3) is 0 Å². The van der Waals surface area contributed by atoms with E-state index >= 15 is 0 Å². The summed E-state index contributed by atoms with van der Waals surface area (Å²) in [5, 5.41) is 17.9. The first-order valence-corrected chi connectivity index (χ1v) is 7.02. The van der Waals surface area contributed by atoms with Crippen molar-refractivity contribution in [3.8, 4) is 6.07 Å².